The zero-order valence-electron chi connectivity index (χ0n) is 18.0. The maximum absolute atomic E-state index is 12.1. The average molecular weight is 499 g/mol. The number of ether oxygens (including phenoxy) is 1. The van der Waals surface area contributed by atoms with E-state index in [0.717, 1.165) is 5.56 Å². The van der Waals surface area contributed by atoms with Crippen molar-refractivity contribution in [3.8, 4) is 5.75 Å². The van der Waals surface area contributed by atoms with Crippen molar-refractivity contribution in [2.24, 2.45) is 5.10 Å². The monoisotopic (exact) mass is 498 g/mol. The summed E-state index contributed by atoms with van der Waals surface area (Å²) in [7, 11) is 0. The van der Waals surface area contributed by atoms with E-state index in [9.17, 15) is 14.4 Å². The van der Waals surface area contributed by atoms with Gasteiger partial charge in [0.15, 0.2) is 6.61 Å². The number of anilines is 2. The van der Waals surface area contributed by atoms with E-state index < -0.39 is 11.8 Å². The average Bonchev–Trinajstić information content (AvgIpc) is 2.81. The van der Waals surface area contributed by atoms with Crippen LogP contribution in [0, 0.1) is 6.92 Å². The first-order valence-electron chi connectivity index (χ1n) is 9.99. The highest BCUT2D eigenvalue weighted by molar-refractivity contribution is 6.39. The number of rotatable bonds is 7. The molecule has 0 aliphatic carbocycles. The van der Waals surface area contributed by atoms with E-state index in [2.05, 4.69) is 21.2 Å². The minimum atomic E-state index is -0.899. The maximum Gasteiger partial charge on any atom is 0.329 e. The molecule has 0 radical (unpaired) electrons. The molecule has 3 N–H and O–H groups in total. The molecule has 34 heavy (non-hydrogen) atoms. The van der Waals surface area contributed by atoms with Crippen molar-refractivity contribution in [1.82, 2.24) is 5.43 Å². The third-order valence-corrected chi connectivity index (χ3v) is 4.90. The van der Waals surface area contributed by atoms with Crippen molar-refractivity contribution in [3.05, 3.63) is 87.9 Å². The topological polar surface area (TPSA) is 109 Å². The van der Waals surface area contributed by atoms with Gasteiger partial charge in [-0.2, -0.15) is 5.10 Å². The predicted octanol–water partition coefficient (Wildman–Crippen LogP) is 4.41. The molecule has 8 nitrogen and oxygen atoms in total. The Bertz CT molecular complexity index is 1210. The Morgan fingerprint density at radius 3 is 2.29 bits per heavy atom. The molecule has 0 aliphatic heterocycles. The van der Waals surface area contributed by atoms with Crippen LogP contribution in [0.1, 0.15) is 11.1 Å². The normalized spacial score (nSPS) is 10.6. The van der Waals surface area contributed by atoms with Crippen molar-refractivity contribution in [3.63, 3.8) is 0 Å². The predicted molar refractivity (Wildman–Crippen MR) is 133 cm³/mol. The summed E-state index contributed by atoms with van der Waals surface area (Å²) in [6.45, 7) is 1.69. The van der Waals surface area contributed by atoms with Crippen LogP contribution in [0.4, 0.5) is 11.4 Å². The number of hydrazone groups is 1. The van der Waals surface area contributed by atoms with Gasteiger partial charge >= 0.3 is 11.8 Å². The fraction of sp³-hybridized carbons (Fsp3) is 0.0833. The summed E-state index contributed by atoms with van der Waals surface area (Å²) in [5.41, 5.74) is 4.78. The molecule has 0 aliphatic rings. The fourth-order valence-electron chi connectivity index (χ4n) is 2.62. The Balaban J connectivity index is 1.43. The molecule has 0 unspecified atom stereocenters. The third-order valence-electron chi connectivity index (χ3n) is 4.35. The summed E-state index contributed by atoms with van der Waals surface area (Å²) in [6, 6.07) is 18.4. The number of halogens is 2. The van der Waals surface area contributed by atoms with Crippen LogP contribution in [-0.4, -0.2) is 30.5 Å². The second kappa shape index (κ2) is 11.8. The number of nitrogens with zero attached hydrogens (tertiary/aromatic N) is 1. The first-order chi connectivity index (χ1) is 16.3. The van der Waals surface area contributed by atoms with Gasteiger partial charge in [-0.3, -0.25) is 14.4 Å². The van der Waals surface area contributed by atoms with E-state index in [1.165, 1.54) is 12.3 Å². The van der Waals surface area contributed by atoms with Crippen LogP contribution in [0.5, 0.6) is 5.75 Å². The molecule has 174 valence electrons. The molecule has 3 aromatic rings. The van der Waals surface area contributed by atoms with Crippen LogP contribution in [-0.2, 0) is 14.4 Å². The van der Waals surface area contributed by atoms with E-state index in [-0.39, 0.29) is 12.5 Å². The molecule has 0 atom stereocenters. The summed E-state index contributed by atoms with van der Waals surface area (Å²) >= 11 is 11.9. The molecule has 3 aromatic carbocycles. The Kier molecular flexibility index (Phi) is 8.61. The quantitative estimate of drug-likeness (QED) is 0.254. The molecule has 3 rings (SSSR count). The van der Waals surface area contributed by atoms with Crippen LogP contribution in [0.3, 0.4) is 0 Å². The van der Waals surface area contributed by atoms with Crippen molar-refractivity contribution in [2.45, 2.75) is 6.92 Å². The molecule has 0 saturated carbocycles. The molecule has 0 saturated heterocycles. The Hall–Kier alpha value is -3.88. The smallest absolute Gasteiger partial charge is 0.329 e. The van der Waals surface area contributed by atoms with Crippen molar-refractivity contribution < 1.29 is 19.1 Å². The van der Waals surface area contributed by atoms with Crippen molar-refractivity contribution >= 4 is 58.5 Å². The third kappa shape index (κ3) is 7.61. The molecule has 0 bridgehead atoms. The number of hydrogen-bond donors (Lipinski definition) is 3. The van der Waals surface area contributed by atoms with E-state index >= 15 is 0 Å². The molecule has 0 fully saturated rings. The molecular formula is C24H20Cl2N4O4. The number of aryl methyl sites for hydroxylation is 1. The lowest BCUT2D eigenvalue weighted by molar-refractivity contribution is -0.136. The van der Waals surface area contributed by atoms with Gasteiger partial charge in [0.1, 0.15) is 5.75 Å². The standard InChI is InChI=1S/C24H20Cl2N4O4/c1-15-2-7-18(8-3-15)28-23(32)24(33)30-27-13-16-4-9-19(10-5-16)34-14-22(31)29-21-11-6-17(25)12-20(21)26/h2-13H,14H2,1H3,(H,28,32)(H,29,31)(H,30,33). The Morgan fingerprint density at radius 1 is 0.912 bits per heavy atom. The van der Waals surface area contributed by atoms with Gasteiger partial charge < -0.3 is 15.4 Å². The minimum Gasteiger partial charge on any atom is -0.484 e. The first-order valence-corrected chi connectivity index (χ1v) is 10.7. The molecule has 0 heterocycles. The number of amides is 3. The van der Waals surface area contributed by atoms with Crippen molar-refractivity contribution in [1.29, 1.82) is 0 Å². The van der Waals surface area contributed by atoms with E-state index in [0.29, 0.717) is 32.7 Å². The van der Waals surface area contributed by atoms with E-state index in [1.807, 2.05) is 19.1 Å². The second-order valence-corrected chi connectivity index (χ2v) is 7.89. The van der Waals surface area contributed by atoms with Gasteiger partial charge in [-0.15, -0.1) is 0 Å². The summed E-state index contributed by atoms with van der Waals surface area (Å²) in [6.07, 6.45) is 1.37. The van der Waals surface area contributed by atoms with E-state index in [4.69, 9.17) is 27.9 Å². The lowest BCUT2D eigenvalue weighted by Gasteiger charge is -2.09. The summed E-state index contributed by atoms with van der Waals surface area (Å²) in [4.78, 5) is 35.8. The van der Waals surface area contributed by atoms with Gasteiger partial charge in [0.25, 0.3) is 5.91 Å². The zero-order chi connectivity index (χ0) is 24.5. The van der Waals surface area contributed by atoms with Gasteiger partial charge in [-0.25, -0.2) is 5.43 Å². The molecule has 0 aromatic heterocycles. The highest BCUT2D eigenvalue weighted by Gasteiger charge is 2.12. The summed E-state index contributed by atoms with van der Waals surface area (Å²) in [5.74, 6) is -1.66. The van der Waals surface area contributed by atoms with Gasteiger partial charge in [0, 0.05) is 10.7 Å². The molecule has 10 heteroatoms. The van der Waals surface area contributed by atoms with Crippen LogP contribution >= 0.6 is 23.2 Å². The van der Waals surface area contributed by atoms with Crippen LogP contribution in [0.2, 0.25) is 10.0 Å². The first kappa shape index (κ1) is 24.8. The van der Waals surface area contributed by atoms with Crippen LogP contribution < -0.4 is 20.8 Å². The summed E-state index contributed by atoms with van der Waals surface area (Å²) < 4.78 is 5.45. The summed E-state index contributed by atoms with van der Waals surface area (Å²) in [5, 5.41) is 9.68. The molecular weight excluding hydrogens is 479 g/mol. The van der Waals surface area contributed by atoms with Gasteiger partial charge in [0.2, 0.25) is 0 Å². The second-order valence-electron chi connectivity index (χ2n) is 7.05. The highest BCUT2D eigenvalue weighted by Crippen LogP contribution is 2.25. The SMILES string of the molecule is Cc1ccc(NC(=O)C(=O)NN=Cc2ccc(OCC(=O)Nc3ccc(Cl)cc3Cl)cc2)cc1. The van der Waals surface area contributed by atoms with Crippen LogP contribution in [0.15, 0.2) is 71.8 Å². The highest BCUT2D eigenvalue weighted by atomic mass is 35.5. The fourth-order valence-corrected chi connectivity index (χ4v) is 3.07. The van der Waals surface area contributed by atoms with Crippen LogP contribution in [0.25, 0.3) is 0 Å². The zero-order valence-corrected chi connectivity index (χ0v) is 19.5. The number of carbonyl (C=O) groups is 3. The minimum absolute atomic E-state index is 0.224. The maximum atomic E-state index is 12.1. The molecule has 3 amide bonds. The lowest BCUT2D eigenvalue weighted by Crippen LogP contribution is -2.32. The largest absolute Gasteiger partial charge is 0.484 e. The lowest BCUT2D eigenvalue weighted by atomic mass is 10.2. The number of carbonyl (C=O) groups excluding carboxylic acids is 3. The van der Waals surface area contributed by atoms with Gasteiger partial charge in [0.05, 0.1) is 16.9 Å². The van der Waals surface area contributed by atoms with Gasteiger partial charge in [-0.1, -0.05) is 40.9 Å². The van der Waals surface area contributed by atoms with Crippen molar-refractivity contribution in [2.75, 3.05) is 17.2 Å². The Labute approximate surface area is 205 Å². The molecule has 0 spiro atoms. The number of hydrogen-bond acceptors (Lipinski definition) is 5. The number of nitrogens with one attached hydrogen (secondary N) is 3. The van der Waals surface area contributed by atoms with Gasteiger partial charge in [-0.05, 0) is 67.1 Å². The Morgan fingerprint density at radius 2 is 1.62 bits per heavy atom. The van der Waals surface area contributed by atoms with E-state index in [1.54, 1.807) is 48.5 Å². The number of benzene rings is 3.